The Balaban J connectivity index is 2.05. The van der Waals surface area contributed by atoms with E-state index in [9.17, 15) is 4.79 Å². The first kappa shape index (κ1) is 15.4. The summed E-state index contributed by atoms with van der Waals surface area (Å²) in [6, 6.07) is 9.01. The number of carbonyl (C=O) groups is 1. The maximum atomic E-state index is 12.1. The maximum absolute atomic E-state index is 12.1. The summed E-state index contributed by atoms with van der Waals surface area (Å²) in [5, 5.41) is 14.7. The topological polar surface area (TPSA) is 90.7 Å². The second kappa shape index (κ2) is 7.18. The first-order chi connectivity index (χ1) is 10.6. The molecule has 0 fully saturated rings. The zero-order valence-corrected chi connectivity index (χ0v) is 12.5. The average Bonchev–Trinajstić information content (AvgIpc) is 2.55. The molecule has 0 bridgehead atoms. The van der Waals surface area contributed by atoms with Crippen molar-refractivity contribution in [2.24, 2.45) is 0 Å². The highest BCUT2D eigenvalue weighted by molar-refractivity contribution is 6.02. The molecule has 1 atom stereocenters. The lowest BCUT2D eigenvalue weighted by Crippen LogP contribution is -2.17. The SMILES string of the molecule is CCC(C)Nc1cnc(C(=O)Nc2cccc(C#N)c2)cn1. The van der Waals surface area contributed by atoms with Crippen LogP contribution in [0.15, 0.2) is 36.7 Å². The third kappa shape index (κ3) is 4.03. The number of aromatic nitrogens is 2. The average molecular weight is 295 g/mol. The molecule has 1 heterocycles. The van der Waals surface area contributed by atoms with Crippen molar-refractivity contribution in [1.29, 1.82) is 5.26 Å². The molecule has 0 saturated carbocycles. The number of anilines is 2. The number of nitrogens with one attached hydrogen (secondary N) is 2. The van der Waals surface area contributed by atoms with Gasteiger partial charge >= 0.3 is 0 Å². The molecule has 1 aromatic heterocycles. The molecule has 1 aromatic carbocycles. The van der Waals surface area contributed by atoms with Gasteiger partial charge in [-0.3, -0.25) is 4.79 Å². The van der Waals surface area contributed by atoms with Crippen molar-refractivity contribution in [2.45, 2.75) is 26.3 Å². The van der Waals surface area contributed by atoms with Gasteiger partial charge in [0.15, 0.2) is 0 Å². The summed E-state index contributed by atoms with van der Waals surface area (Å²) in [5.74, 6) is 0.273. The Morgan fingerprint density at radius 2 is 2.18 bits per heavy atom. The summed E-state index contributed by atoms with van der Waals surface area (Å²) in [7, 11) is 0. The molecule has 0 saturated heterocycles. The first-order valence-electron chi connectivity index (χ1n) is 7.02. The lowest BCUT2D eigenvalue weighted by molar-refractivity contribution is 0.102. The first-order valence-corrected chi connectivity index (χ1v) is 7.02. The minimum absolute atomic E-state index is 0.220. The molecule has 0 radical (unpaired) electrons. The van der Waals surface area contributed by atoms with Crippen LogP contribution in [0.2, 0.25) is 0 Å². The summed E-state index contributed by atoms with van der Waals surface area (Å²) in [4.78, 5) is 20.4. The van der Waals surface area contributed by atoms with Crippen LogP contribution in [0.4, 0.5) is 11.5 Å². The van der Waals surface area contributed by atoms with E-state index >= 15 is 0 Å². The van der Waals surface area contributed by atoms with Crippen LogP contribution in [0.25, 0.3) is 0 Å². The van der Waals surface area contributed by atoms with E-state index in [1.807, 2.05) is 13.0 Å². The normalized spacial score (nSPS) is 11.3. The van der Waals surface area contributed by atoms with E-state index < -0.39 is 0 Å². The molecule has 0 aliphatic rings. The Bertz CT molecular complexity index is 690. The molecule has 2 rings (SSSR count). The Labute approximate surface area is 129 Å². The van der Waals surface area contributed by atoms with Crippen molar-refractivity contribution in [1.82, 2.24) is 9.97 Å². The number of benzene rings is 1. The van der Waals surface area contributed by atoms with Gasteiger partial charge in [0, 0.05) is 11.7 Å². The molecule has 0 aliphatic carbocycles. The molecule has 2 aromatic rings. The molecule has 2 N–H and O–H groups in total. The summed E-state index contributed by atoms with van der Waals surface area (Å²) >= 11 is 0. The number of rotatable bonds is 5. The summed E-state index contributed by atoms with van der Waals surface area (Å²) < 4.78 is 0. The number of carbonyl (C=O) groups excluding carboxylic acids is 1. The molecule has 1 amide bonds. The molecule has 0 spiro atoms. The van der Waals surface area contributed by atoms with Gasteiger partial charge in [-0.1, -0.05) is 13.0 Å². The van der Waals surface area contributed by atoms with Crippen LogP contribution in [0.1, 0.15) is 36.3 Å². The number of nitrogens with zero attached hydrogens (tertiary/aromatic N) is 3. The van der Waals surface area contributed by atoms with E-state index in [0.717, 1.165) is 6.42 Å². The van der Waals surface area contributed by atoms with Crippen LogP contribution < -0.4 is 10.6 Å². The minimum atomic E-state index is -0.363. The molecule has 0 aliphatic heterocycles. The molecule has 112 valence electrons. The standard InChI is InChI=1S/C16H17N5O/c1-3-11(2)20-15-10-18-14(9-19-15)16(22)21-13-6-4-5-12(7-13)8-17/h4-7,9-11H,3H2,1-2H3,(H,19,20)(H,21,22). The molecule has 1 unspecified atom stereocenters. The second-order valence-corrected chi connectivity index (χ2v) is 4.89. The zero-order valence-electron chi connectivity index (χ0n) is 12.5. The second-order valence-electron chi connectivity index (χ2n) is 4.89. The summed E-state index contributed by atoms with van der Waals surface area (Å²) in [6.07, 6.45) is 3.93. The third-order valence-electron chi connectivity index (χ3n) is 3.14. The maximum Gasteiger partial charge on any atom is 0.275 e. The zero-order chi connectivity index (χ0) is 15.9. The Morgan fingerprint density at radius 1 is 1.36 bits per heavy atom. The van der Waals surface area contributed by atoms with Crippen LogP contribution >= 0.6 is 0 Å². The molecular formula is C16H17N5O. The van der Waals surface area contributed by atoms with Gasteiger partial charge in [0.25, 0.3) is 5.91 Å². The third-order valence-corrected chi connectivity index (χ3v) is 3.14. The van der Waals surface area contributed by atoms with Gasteiger partial charge in [0.1, 0.15) is 11.5 Å². The van der Waals surface area contributed by atoms with E-state index in [1.165, 1.54) is 12.4 Å². The Hall–Kier alpha value is -2.94. The smallest absolute Gasteiger partial charge is 0.275 e. The van der Waals surface area contributed by atoms with Crippen molar-refractivity contribution in [2.75, 3.05) is 10.6 Å². The Morgan fingerprint density at radius 3 is 2.82 bits per heavy atom. The fourth-order valence-electron chi connectivity index (χ4n) is 1.74. The van der Waals surface area contributed by atoms with E-state index in [-0.39, 0.29) is 11.6 Å². The van der Waals surface area contributed by atoms with E-state index in [2.05, 4.69) is 27.5 Å². The predicted octanol–water partition coefficient (Wildman–Crippen LogP) is 2.81. The predicted molar refractivity (Wildman–Crippen MR) is 84.5 cm³/mol. The largest absolute Gasteiger partial charge is 0.366 e. The van der Waals surface area contributed by atoms with Gasteiger partial charge in [0.2, 0.25) is 0 Å². The lowest BCUT2D eigenvalue weighted by Gasteiger charge is -2.11. The fourth-order valence-corrected chi connectivity index (χ4v) is 1.74. The van der Waals surface area contributed by atoms with Crippen molar-refractivity contribution in [3.05, 3.63) is 47.9 Å². The molecule has 22 heavy (non-hydrogen) atoms. The number of nitriles is 1. The van der Waals surface area contributed by atoms with Crippen LogP contribution in [-0.2, 0) is 0 Å². The van der Waals surface area contributed by atoms with Gasteiger partial charge in [-0.05, 0) is 31.5 Å². The molecule has 6 heteroatoms. The quantitative estimate of drug-likeness (QED) is 0.885. The monoisotopic (exact) mass is 295 g/mol. The van der Waals surface area contributed by atoms with E-state index in [0.29, 0.717) is 23.1 Å². The van der Waals surface area contributed by atoms with Crippen LogP contribution in [0.3, 0.4) is 0 Å². The van der Waals surface area contributed by atoms with Crippen molar-refractivity contribution in [3.8, 4) is 6.07 Å². The van der Waals surface area contributed by atoms with Gasteiger partial charge < -0.3 is 10.6 Å². The fraction of sp³-hybridized carbons (Fsp3) is 0.250. The van der Waals surface area contributed by atoms with Crippen LogP contribution in [-0.4, -0.2) is 21.9 Å². The van der Waals surface area contributed by atoms with E-state index in [1.54, 1.807) is 24.3 Å². The molecular weight excluding hydrogens is 278 g/mol. The lowest BCUT2D eigenvalue weighted by atomic mass is 10.2. The van der Waals surface area contributed by atoms with Crippen LogP contribution in [0.5, 0.6) is 0 Å². The van der Waals surface area contributed by atoms with Crippen LogP contribution in [0, 0.1) is 11.3 Å². The molecule has 6 nitrogen and oxygen atoms in total. The van der Waals surface area contributed by atoms with Gasteiger partial charge in [0.05, 0.1) is 24.0 Å². The number of hydrogen-bond acceptors (Lipinski definition) is 5. The van der Waals surface area contributed by atoms with Crippen molar-refractivity contribution in [3.63, 3.8) is 0 Å². The highest BCUT2D eigenvalue weighted by atomic mass is 16.1. The number of amides is 1. The van der Waals surface area contributed by atoms with Gasteiger partial charge in [-0.2, -0.15) is 5.26 Å². The Kier molecular flexibility index (Phi) is 5.04. The van der Waals surface area contributed by atoms with Gasteiger partial charge in [-0.15, -0.1) is 0 Å². The summed E-state index contributed by atoms with van der Waals surface area (Å²) in [5.41, 5.74) is 1.25. The van der Waals surface area contributed by atoms with Crippen molar-refractivity contribution < 1.29 is 4.79 Å². The highest BCUT2D eigenvalue weighted by Crippen LogP contribution is 2.11. The minimum Gasteiger partial charge on any atom is -0.366 e. The highest BCUT2D eigenvalue weighted by Gasteiger charge is 2.09. The number of hydrogen-bond donors (Lipinski definition) is 2. The van der Waals surface area contributed by atoms with Crippen molar-refractivity contribution >= 4 is 17.4 Å². The summed E-state index contributed by atoms with van der Waals surface area (Å²) in [6.45, 7) is 4.12. The van der Waals surface area contributed by atoms with Gasteiger partial charge in [-0.25, -0.2) is 9.97 Å². The van der Waals surface area contributed by atoms with E-state index in [4.69, 9.17) is 5.26 Å².